The molecule has 0 radical (unpaired) electrons. The van der Waals surface area contributed by atoms with E-state index in [-0.39, 0.29) is 54.1 Å². The van der Waals surface area contributed by atoms with Crippen LogP contribution in [0.15, 0.2) is 53.0 Å². The summed E-state index contributed by atoms with van der Waals surface area (Å²) in [6, 6.07) is 5.14. The van der Waals surface area contributed by atoms with Crippen LogP contribution < -0.4 is 0 Å². The highest BCUT2D eigenvalue weighted by Gasteiger charge is 2.75. The minimum Gasteiger partial charge on any atom is -0.481 e. The van der Waals surface area contributed by atoms with Crippen LogP contribution >= 0.6 is 11.6 Å². The van der Waals surface area contributed by atoms with Crippen LogP contribution in [0.4, 0.5) is 30.7 Å². The third-order valence-corrected chi connectivity index (χ3v) is 11.3. The number of hydrogen-bond donors (Lipinski definition) is 1. The number of carbonyl (C=O) groups is 2. The number of amides is 1. The molecule has 15 heteroatoms. The molecule has 0 aromatic heterocycles. The first-order chi connectivity index (χ1) is 19.3. The number of aliphatic carboxylic acids is 1. The lowest BCUT2D eigenvalue weighted by molar-refractivity contribution is -0.353. The molecule has 1 amide bonds. The van der Waals surface area contributed by atoms with Crippen LogP contribution in [-0.2, 0) is 19.4 Å². The summed E-state index contributed by atoms with van der Waals surface area (Å²) in [5, 5.41) is 9.28. The number of allylic oxidation sites excluding steroid dienone is 3. The first kappa shape index (κ1) is 32.3. The Balaban J connectivity index is 1.69. The maximum atomic E-state index is 14.7. The van der Waals surface area contributed by atoms with Gasteiger partial charge in [0.1, 0.15) is 4.75 Å². The number of sulfone groups is 1. The SMILES string of the molecule is O=C(O)C1CCC(C(=O)N2CCC(C3=CCC(C(F)(C(F)(F)F)C(F)(F)F)C=C3)(S(=O)(=O)c3cccc(Cl)c3)C2)CC1. The summed E-state index contributed by atoms with van der Waals surface area (Å²) < 4.78 is 121. The first-order valence-corrected chi connectivity index (χ1v) is 14.9. The van der Waals surface area contributed by atoms with Gasteiger partial charge in [-0.3, -0.25) is 9.59 Å². The van der Waals surface area contributed by atoms with Crippen LogP contribution in [0.5, 0.6) is 0 Å². The molecule has 42 heavy (non-hydrogen) atoms. The van der Waals surface area contributed by atoms with Gasteiger partial charge in [0, 0.05) is 29.9 Å². The molecule has 1 aromatic carbocycles. The molecule has 2 fully saturated rings. The molecule has 4 rings (SSSR count). The zero-order valence-electron chi connectivity index (χ0n) is 21.9. The van der Waals surface area contributed by atoms with E-state index in [1.807, 2.05) is 0 Å². The molecular formula is C27H27ClF7NO5S. The molecule has 0 spiro atoms. The monoisotopic (exact) mass is 645 g/mol. The van der Waals surface area contributed by atoms with Crippen molar-refractivity contribution < 1.29 is 53.8 Å². The fourth-order valence-corrected chi connectivity index (χ4v) is 8.51. The van der Waals surface area contributed by atoms with E-state index in [0.29, 0.717) is 6.08 Å². The quantitative estimate of drug-likeness (QED) is 0.366. The Hall–Kier alpha value is -2.61. The normalized spacial score (nSPS) is 27.6. The van der Waals surface area contributed by atoms with Crippen molar-refractivity contribution in [3.63, 3.8) is 0 Å². The fraction of sp³-hybridized carbons (Fsp3) is 0.556. The summed E-state index contributed by atoms with van der Waals surface area (Å²) in [6.45, 7) is -0.552. The maximum Gasteiger partial charge on any atom is 0.432 e. The Bertz CT molecular complexity index is 1390. The number of alkyl halides is 7. The third kappa shape index (κ3) is 5.44. The van der Waals surface area contributed by atoms with Crippen LogP contribution in [0, 0.1) is 17.8 Å². The fourth-order valence-electron chi connectivity index (χ4n) is 6.12. The average Bonchev–Trinajstić information content (AvgIpc) is 3.38. The Morgan fingerprint density at radius 1 is 0.976 bits per heavy atom. The van der Waals surface area contributed by atoms with E-state index in [2.05, 4.69) is 0 Å². The lowest BCUT2D eigenvalue weighted by atomic mass is 9.79. The second kappa shape index (κ2) is 11.1. The highest BCUT2D eigenvalue weighted by atomic mass is 35.5. The number of likely N-dealkylation sites (tertiary alicyclic amines) is 1. The van der Waals surface area contributed by atoms with Gasteiger partial charge in [-0.2, -0.15) is 26.3 Å². The molecule has 2 aliphatic carbocycles. The van der Waals surface area contributed by atoms with E-state index < -0.39 is 75.2 Å². The molecule has 0 bridgehead atoms. The Labute approximate surface area is 242 Å². The zero-order valence-corrected chi connectivity index (χ0v) is 23.5. The van der Waals surface area contributed by atoms with Crippen molar-refractivity contribution in [3.8, 4) is 0 Å². The Kier molecular flexibility index (Phi) is 8.57. The number of carboxylic acids is 1. The molecule has 2 unspecified atom stereocenters. The number of benzene rings is 1. The summed E-state index contributed by atoms with van der Waals surface area (Å²) >= 11 is 6.00. The minimum atomic E-state index is -6.29. The summed E-state index contributed by atoms with van der Waals surface area (Å²) in [6.07, 6.45) is -10.8. The van der Waals surface area contributed by atoms with E-state index >= 15 is 0 Å². The van der Waals surface area contributed by atoms with Gasteiger partial charge in [0.2, 0.25) is 5.91 Å². The molecule has 1 N–H and O–H groups in total. The molecule has 2 atom stereocenters. The second-order valence-corrected chi connectivity index (χ2v) is 13.6. The highest BCUT2D eigenvalue weighted by molar-refractivity contribution is 7.93. The molecule has 1 saturated heterocycles. The number of hydrogen-bond acceptors (Lipinski definition) is 4. The number of halogens is 8. The van der Waals surface area contributed by atoms with Gasteiger partial charge in [-0.25, -0.2) is 12.8 Å². The van der Waals surface area contributed by atoms with Crippen molar-refractivity contribution in [2.24, 2.45) is 17.8 Å². The summed E-state index contributed by atoms with van der Waals surface area (Å²) in [7, 11) is -4.46. The van der Waals surface area contributed by atoms with Crippen LogP contribution in [0.1, 0.15) is 38.5 Å². The Morgan fingerprint density at radius 2 is 1.57 bits per heavy atom. The van der Waals surface area contributed by atoms with Gasteiger partial charge < -0.3 is 10.0 Å². The molecule has 1 saturated carbocycles. The van der Waals surface area contributed by atoms with Gasteiger partial charge in [-0.1, -0.05) is 35.9 Å². The standard InChI is InChI=1S/C27H27ClF7NO5S/c28-20-2-1-3-21(14-20)42(40,41)24(12-13-36(15-24)22(37)16-4-6-17(7-5-16)23(38)39)18-8-10-19(11-9-18)25(29,26(30,31)32)27(33,34)35/h1-3,8-10,14,16-17,19H,4-7,11-13,15H2,(H,38,39). The molecule has 1 aromatic rings. The van der Waals surface area contributed by atoms with Crippen molar-refractivity contribution >= 4 is 33.3 Å². The lowest BCUT2D eigenvalue weighted by Gasteiger charge is -2.38. The third-order valence-electron chi connectivity index (χ3n) is 8.55. The van der Waals surface area contributed by atoms with Crippen molar-refractivity contribution in [1.29, 1.82) is 0 Å². The molecule has 1 heterocycles. The summed E-state index contributed by atoms with van der Waals surface area (Å²) in [5.74, 6) is -5.27. The van der Waals surface area contributed by atoms with Gasteiger partial charge >= 0.3 is 24.0 Å². The van der Waals surface area contributed by atoms with E-state index in [4.69, 9.17) is 11.6 Å². The first-order valence-electron chi connectivity index (χ1n) is 13.1. The molecule has 1 aliphatic heterocycles. The predicted octanol–water partition coefficient (Wildman–Crippen LogP) is 6.31. The second-order valence-electron chi connectivity index (χ2n) is 10.9. The van der Waals surface area contributed by atoms with Crippen molar-refractivity contribution in [1.82, 2.24) is 4.90 Å². The smallest absolute Gasteiger partial charge is 0.432 e. The van der Waals surface area contributed by atoms with Crippen LogP contribution in [-0.4, -0.2) is 66.2 Å². The van der Waals surface area contributed by atoms with Crippen LogP contribution in [0.25, 0.3) is 0 Å². The van der Waals surface area contributed by atoms with E-state index in [1.54, 1.807) is 0 Å². The van der Waals surface area contributed by atoms with E-state index in [1.165, 1.54) is 23.1 Å². The summed E-state index contributed by atoms with van der Waals surface area (Å²) in [4.78, 5) is 25.7. The van der Waals surface area contributed by atoms with Crippen LogP contribution in [0.3, 0.4) is 0 Å². The van der Waals surface area contributed by atoms with Crippen molar-refractivity contribution in [2.75, 3.05) is 13.1 Å². The number of carbonyl (C=O) groups excluding carboxylic acids is 1. The lowest BCUT2D eigenvalue weighted by Crippen LogP contribution is -2.58. The largest absolute Gasteiger partial charge is 0.481 e. The van der Waals surface area contributed by atoms with Crippen LogP contribution in [0.2, 0.25) is 5.02 Å². The number of nitrogens with zero attached hydrogens (tertiary/aromatic N) is 1. The molecule has 232 valence electrons. The zero-order chi connectivity index (χ0) is 31.3. The van der Waals surface area contributed by atoms with Gasteiger partial charge in [-0.05, 0) is 62.3 Å². The van der Waals surface area contributed by atoms with Crippen molar-refractivity contribution in [3.05, 3.63) is 53.1 Å². The number of rotatable bonds is 6. The highest BCUT2D eigenvalue weighted by Crippen LogP contribution is 2.54. The van der Waals surface area contributed by atoms with E-state index in [9.17, 15) is 53.8 Å². The predicted molar refractivity (Wildman–Crippen MR) is 137 cm³/mol. The average molecular weight is 646 g/mol. The van der Waals surface area contributed by atoms with Gasteiger partial charge in [0.25, 0.3) is 0 Å². The van der Waals surface area contributed by atoms with Gasteiger partial charge in [0.15, 0.2) is 9.84 Å². The van der Waals surface area contributed by atoms with E-state index in [0.717, 1.165) is 18.2 Å². The molecule has 6 nitrogen and oxygen atoms in total. The van der Waals surface area contributed by atoms with Crippen molar-refractivity contribution in [2.45, 2.75) is 66.2 Å². The minimum absolute atomic E-state index is 0.0538. The maximum absolute atomic E-state index is 14.7. The Morgan fingerprint density at radius 3 is 2.07 bits per heavy atom. The molecule has 3 aliphatic rings. The topological polar surface area (TPSA) is 91.8 Å². The van der Waals surface area contributed by atoms with Gasteiger partial charge in [0.05, 0.1) is 10.8 Å². The summed E-state index contributed by atoms with van der Waals surface area (Å²) in [5.41, 5.74) is -5.72. The molecular weight excluding hydrogens is 619 g/mol. The van der Waals surface area contributed by atoms with Gasteiger partial charge in [-0.15, -0.1) is 0 Å². The number of carboxylic acid groups (broad SMARTS) is 1.